The molecular formula is C10H12Cl2N4O. The maximum Gasteiger partial charge on any atom is 0.225 e. The third kappa shape index (κ3) is 2.86. The van der Waals surface area contributed by atoms with E-state index in [2.05, 4.69) is 21.9 Å². The van der Waals surface area contributed by atoms with Gasteiger partial charge in [0.1, 0.15) is 12.2 Å². The Labute approximate surface area is 109 Å². The Morgan fingerprint density at radius 3 is 2.94 bits per heavy atom. The quantitative estimate of drug-likeness (QED) is 0.478. The van der Waals surface area contributed by atoms with Crippen LogP contribution in [-0.4, -0.2) is 26.1 Å². The van der Waals surface area contributed by atoms with E-state index in [-0.39, 0.29) is 10.4 Å². The van der Waals surface area contributed by atoms with E-state index < -0.39 is 0 Å². The molecule has 0 radical (unpaired) electrons. The average Bonchev–Trinajstić information content (AvgIpc) is 2.68. The van der Waals surface area contributed by atoms with Gasteiger partial charge in [0.25, 0.3) is 0 Å². The van der Waals surface area contributed by atoms with Crippen LogP contribution in [0.1, 0.15) is 19.8 Å². The van der Waals surface area contributed by atoms with Gasteiger partial charge in [-0.15, -0.1) is 0 Å². The zero-order valence-corrected chi connectivity index (χ0v) is 10.9. The normalized spacial score (nSPS) is 11.2. The van der Waals surface area contributed by atoms with Gasteiger partial charge in [-0.1, -0.05) is 24.9 Å². The summed E-state index contributed by atoms with van der Waals surface area (Å²) in [5.41, 5.74) is 1.13. The van der Waals surface area contributed by atoms with Crippen LogP contribution in [0, 0.1) is 0 Å². The predicted octanol–water partition coefficient (Wildman–Crippen LogP) is 2.91. The molecule has 2 aromatic heterocycles. The summed E-state index contributed by atoms with van der Waals surface area (Å²) in [7, 11) is 0. The van der Waals surface area contributed by atoms with Crippen LogP contribution in [0.25, 0.3) is 11.2 Å². The fourth-order valence-corrected chi connectivity index (χ4v) is 1.81. The number of hydrogen-bond donors (Lipinski definition) is 0. The minimum atomic E-state index is 0.109. The minimum absolute atomic E-state index is 0.109. The first-order chi connectivity index (χ1) is 8.22. The number of fused-ring (bicyclic) bond motifs is 1. The number of halogens is 2. The van der Waals surface area contributed by atoms with E-state index in [4.69, 9.17) is 27.9 Å². The molecule has 2 aromatic rings. The van der Waals surface area contributed by atoms with E-state index in [1.54, 1.807) is 10.9 Å². The standard InChI is InChI=1S/C10H12Cl2N4O/c1-2-3-4-17-6-16-5-13-7-8(11)14-10(12)15-9(7)16/h5H,2-4,6H2,1H3. The molecule has 0 unspecified atom stereocenters. The Morgan fingerprint density at radius 1 is 1.35 bits per heavy atom. The molecule has 0 aliphatic carbocycles. The summed E-state index contributed by atoms with van der Waals surface area (Å²) >= 11 is 11.7. The van der Waals surface area contributed by atoms with Crippen molar-refractivity contribution in [3.8, 4) is 0 Å². The topological polar surface area (TPSA) is 52.8 Å². The van der Waals surface area contributed by atoms with Crippen molar-refractivity contribution < 1.29 is 4.74 Å². The van der Waals surface area contributed by atoms with Crippen LogP contribution in [0.3, 0.4) is 0 Å². The van der Waals surface area contributed by atoms with Crippen molar-refractivity contribution in [3.63, 3.8) is 0 Å². The molecule has 0 saturated carbocycles. The van der Waals surface area contributed by atoms with E-state index in [0.717, 1.165) is 12.8 Å². The van der Waals surface area contributed by atoms with Crippen LogP contribution in [0.15, 0.2) is 6.33 Å². The second-order valence-corrected chi connectivity index (χ2v) is 4.26. The molecule has 92 valence electrons. The smallest absolute Gasteiger partial charge is 0.225 e. The van der Waals surface area contributed by atoms with Gasteiger partial charge in [0.2, 0.25) is 5.28 Å². The molecule has 0 amide bonds. The van der Waals surface area contributed by atoms with E-state index in [9.17, 15) is 0 Å². The fourth-order valence-electron chi connectivity index (χ4n) is 1.39. The second kappa shape index (κ2) is 5.62. The largest absolute Gasteiger partial charge is 0.361 e. The minimum Gasteiger partial charge on any atom is -0.361 e. The molecule has 17 heavy (non-hydrogen) atoms. The summed E-state index contributed by atoms with van der Waals surface area (Å²) < 4.78 is 7.24. The maximum absolute atomic E-state index is 5.91. The summed E-state index contributed by atoms with van der Waals surface area (Å²) in [6.45, 7) is 3.21. The number of imidazole rings is 1. The number of ether oxygens (including phenoxy) is 1. The maximum atomic E-state index is 5.91. The van der Waals surface area contributed by atoms with Gasteiger partial charge in [-0.05, 0) is 18.0 Å². The van der Waals surface area contributed by atoms with Gasteiger partial charge in [-0.3, -0.25) is 4.57 Å². The first-order valence-corrected chi connectivity index (χ1v) is 6.09. The van der Waals surface area contributed by atoms with Crippen molar-refractivity contribution in [1.82, 2.24) is 19.5 Å². The van der Waals surface area contributed by atoms with Crippen molar-refractivity contribution in [1.29, 1.82) is 0 Å². The molecule has 0 atom stereocenters. The highest BCUT2D eigenvalue weighted by Crippen LogP contribution is 2.20. The average molecular weight is 275 g/mol. The second-order valence-electron chi connectivity index (χ2n) is 3.56. The lowest BCUT2D eigenvalue weighted by atomic mass is 10.4. The van der Waals surface area contributed by atoms with Crippen LogP contribution in [0.5, 0.6) is 0 Å². The van der Waals surface area contributed by atoms with Crippen molar-refractivity contribution in [3.05, 3.63) is 16.8 Å². The van der Waals surface area contributed by atoms with Gasteiger partial charge in [-0.25, -0.2) is 9.97 Å². The van der Waals surface area contributed by atoms with E-state index in [1.165, 1.54) is 0 Å². The molecule has 0 N–H and O–H groups in total. The Bertz CT molecular complexity index is 514. The highest BCUT2D eigenvalue weighted by molar-refractivity contribution is 6.35. The lowest BCUT2D eigenvalue weighted by Gasteiger charge is -2.04. The molecule has 0 bridgehead atoms. The summed E-state index contributed by atoms with van der Waals surface area (Å²) in [6, 6.07) is 0. The Kier molecular flexibility index (Phi) is 4.15. The first-order valence-electron chi connectivity index (χ1n) is 5.34. The van der Waals surface area contributed by atoms with E-state index in [1.807, 2.05) is 0 Å². The van der Waals surface area contributed by atoms with Gasteiger partial charge < -0.3 is 4.74 Å². The van der Waals surface area contributed by atoms with Crippen molar-refractivity contribution in [2.45, 2.75) is 26.5 Å². The lowest BCUT2D eigenvalue weighted by Crippen LogP contribution is -2.03. The van der Waals surface area contributed by atoms with Crippen LogP contribution in [0.2, 0.25) is 10.4 Å². The third-order valence-corrected chi connectivity index (χ3v) is 2.70. The monoisotopic (exact) mass is 274 g/mol. The molecule has 0 aromatic carbocycles. The Hall–Kier alpha value is -0.910. The molecule has 0 fully saturated rings. The number of rotatable bonds is 5. The molecule has 2 rings (SSSR count). The van der Waals surface area contributed by atoms with Crippen LogP contribution >= 0.6 is 23.2 Å². The predicted molar refractivity (Wildman–Crippen MR) is 66.2 cm³/mol. The van der Waals surface area contributed by atoms with Crippen molar-refractivity contribution >= 4 is 34.4 Å². The van der Waals surface area contributed by atoms with Gasteiger partial charge >= 0.3 is 0 Å². The highest BCUT2D eigenvalue weighted by Gasteiger charge is 2.10. The SMILES string of the molecule is CCCCOCn1cnc2c(Cl)nc(Cl)nc21. The zero-order valence-electron chi connectivity index (χ0n) is 9.36. The highest BCUT2D eigenvalue weighted by atomic mass is 35.5. The van der Waals surface area contributed by atoms with Crippen molar-refractivity contribution in [2.75, 3.05) is 6.61 Å². The van der Waals surface area contributed by atoms with Crippen LogP contribution in [-0.2, 0) is 11.5 Å². The van der Waals surface area contributed by atoms with Crippen molar-refractivity contribution in [2.24, 2.45) is 0 Å². The molecule has 2 heterocycles. The zero-order chi connectivity index (χ0) is 12.3. The Morgan fingerprint density at radius 2 is 2.18 bits per heavy atom. The summed E-state index contributed by atoms with van der Waals surface area (Å²) in [6.07, 6.45) is 3.75. The van der Waals surface area contributed by atoms with Gasteiger partial charge in [0, 0.05) is 6.61 Å². The number of unbranched alkanes of at least 4 members (excludes halogenated alkanes) is 1. The molecule has 0 saturated heterocycles. The molecule has 0 aliphatic rings. The third-order valence-electron chi connectivity index (χ3n) is 2.27. The van der Waals surface area contributed by atoms with Gasteiger partial charge in [0.15, 0.2) is 10.8 Å². The lowest BCUT2D eigenvalue weighted by molar-refractivity contribution is 0.0770. The molecule has 0 spiro atoms. The van der Waals surface area contributed by atoms with Gasteiger partial charge in [0.05, 0.1) is 6.33 Å². The van der Waals surface area contributed by atoms with E-state index in [0.29, 0.717) is 24.5 Å². The Balaban J connectivity index is 2.18. The molecule has 7 heteroatoms. The molecule has 5 nitrogen and oxygen atoms in total. The molecule has 0 aliphatic heterocycles. The van der Waals surface area contributed by atoms with Crippen LogP contribution < -0.4 is 0 Å². The number of hydrogen-bond acceptors (Lipinski definition) is 4. The van der Waals surface area contributed by atoms with Gasteiger partial charge in [-0.2, -0.15) is 4.98 Å². The summed E-state index contributed by atoms with van der Waals surface area (Å²) in [4.78, 5) is 12.0. The summed E-state index contributed by atoms with van der Waals surface area (Å²) in [5, 5.41) is 0.366. The number of aromatic nitrogens is 4. The van der Waals surface area contributed by atoms with Crippen LogP contribution in [0.4, 0.5) is 0 Å². The summed E-state index contributed by atoms with van der Waals surface area (Å²) in [5.74, 6) is 0. The number of nitrogens with zero attached hydrogens (tertiary/aromatic N) is 4. The van der Waals surface area contributed by atoms with E-state index >= 15 is 0 Å². The fraction of sp³-hybridized carbons (Fsp3) is 0.500. The first kappa shape index (κ1) is 12.5. The molecular weight excluding hydrogens is 263 g/mol.